The number of carbonyl (C=O) groups excluding carboxylic acids is 1. The molecule has 1 saturated carbocycles. The van der Waals surface area contributed by atoms with Crippen molar-refractivity contribution in [1.82, 2.24) is 15.2 Å². The van der Waals surface area contributed by atoms with Gasteiger partial charge in [0.05, 0.1) is 19.4 Å². The predicted octanol–water partition coefficient (Wildman–Crippen LogP) is 3.08. The van der Waals surface area contributed by atoms with E-state index >= 15 is 0 Å². The first kappa shape index (κ1) is 21.6. The molecule has 1 aromatic carbocycles. The maximum atomic E-state index is 13.3. The molecule has 1 aliphatic heterocycles. The van der Waals surface area contributed by atoms with E-state index in [4.69, 9.17) is 14.5 Å². The molecular formula is C24H32N4O3. The Bertz CT molecular complexity index is 914. The molecule has 7 heteroatoms. The van der Waals surface area contributed by atoms with Gasteiger partial charge in [0.25, 0.3) is 0 Å². The molecule has 31 heavy (non-hydrogen) atoms. The minimum absolute atomic E-state index is 0.0527. The summed E-state index contributed by atoms with van der Waals surface area (Å²) in [5.41, 5.74) is 2.15. The average Bonchev–Trinajstić information content (AvgIpc) is 3.61. The van der Waals surface area contributed by atoms with Gasteiger partial charge in [-0.25, -0.2) is 4.98 Å². The van der Waals surface area contributed by atoms with Gasteiger partial charge in [-0.15, -0.1) is 0 Å². The van der Waals surface area contributed by atoms with E-state index in [0.717, 1.165) is 48.1 Å². The van der Waals surface area contributed by atoms with Crippen LogP contribution in [0.1, 0.15) is 31.0 Å². The largest absolute Gasteiger partial charge is 0.497 e. The van der Waals surface area contributed by atoms with E-state index in [2.05, 4.69) is 21.6 Å². The van der Waals surface area contributed by atoms with Crippen LogP contribution < -0.4 is 15.4 Å². The second-order valence-corrected chi connectivity index (χ2v) is 8.75. The first-order valence-electron chi connectivity index (χ1n) is 10.9. The molecule has 2 heterocycles. The summed E-state index contributed by atoms with van der Waals surface area (Å²) in [5.74, 6) is 2.23. The Morgan fingerprint density at radius 1 is 1.19 bits per heavy atom. The molecule has 0 spiro atoms. The zero-order valence-corrected chi connectivity index (χ0v) is 18.6. The van der Waals surface area contributed by atoms with Gasteiger partial charge in [-0.1, -0.05) is 6.07 Å². The van der Waals surface area contributed by atoms with E-state index in [1.54, 1.807) is 14.2 Å². The van der Waals surface area contributed by atoms with Gasteiger partial charge in [-0.2, -0.15) is 0 Å². The second-order valence-electron chi connectivity index (χ2n) is 8.75. The maximum Gasteiger partial charge on any atom is 0.233 e. The Hall–Kier alpha value is -2.64. The highest BCUT2D eigenvalue weighted by Crippen LogP contribution is 2.35. The SMILES string of the molecule is COCCN1Cc2ccc(Nc3ccc(OC)cc3)nc2C(C)(C(=O)NCC2CC2)C1. The average molecular weight is 425 g/mol. The van der Waals surface area contributed by atoms with Crippen LogP contribution in [-0.4, -0.2) is 56.3 Å². The highest BCUT2D eigenvalue weighted by atomic mass is 16.5. The maximum absolute atomic E-state index is 13.3. The summed E-state index contributed by atoms with van der Waals surface area (Å²) in [6.07, 6.45) is 2.42. The summed E-state index contributed by atoms with van der Waals surface area (Å²) in [5, 5.41) is 6.54. The number of fused-ring (bicyclic) bond motifs is 1. The van der Waals surface area contributed by atoms with Crippen LogP contribution in [0.25, 0.3) is 0 Å². The molecule has 1 fully saturated rings. The number of hydrogen-bond donors (Lipinski definition) is 2. The molecule has 166 valence electrons. The van der Waals surface area contributed by atoms with Crippen molar-refractivity contribution in [3.05, 3.63) is 47.7 Å². The van der Waals surface area contributed by atoms with Gasteiger partial charge in [-0.3, -0.25) is 9.69 Å². The number of amides is 1. The number of hydrogen-bond acceptors (Lipinski definition) is 6. The minimum atomic E-state index is -0.714. The van der Waals surface area contributed by atoms with E-state index in [-0.39, 0.29) is 5.91 Å². The molecular weight excluding hydrogens is 392 g/mol. The molecule has 0 saturated heterocycles. The monoisotopic (exact) mass is 424 g/mol. The lowest BCUT2D eigenvalue weighted by molar-refractivity contribution is -0.127. The van der Waals surface area contributed by atoms with Gasteiger partial charge in [0.15, 0.2) is 0 Å². The number of benzene rings is 1. The van der Waals surface area contributed by atoms with Crippen molar-refractivity contribution in [2.24, 2.45) is 5.92 Å². The fourth-order valence-corrected chi connectivity index (χ4v) is 4.12. The number of methoxy groups -OCH3 is 2. The summed E-state index contributed by atoms with van der Waals surface area (Å²) in [6.45, 7) is 5.58. The molecule has 7 nitrogen and oxygen atoms in total. The number of aromatic nitrogens is 1. The molecule has 0 bridgehead atoms. The molecule has 1 atom stereocenters. The fourth-order valence-electron chi connectivity index (χ4n) is 4.12. The zero-order valence-electron chi connectivity index (χ0n) is 18.6. The first-order valence-corrected chi connectivity index (χ1v) is 10.9. The standard InChI is InChI=1S/C24H32N4O3/c1-24(23(29)25-14-17-4-5-17)16-28(12-13-30-2)15-18-6-11-21(27-22(18)24)26-19-7-9-20(31-3)10-8-19/h6-11,17H,4-5,12-16H2,1-3H3,(H,25,29)(H,26,27). The van der Waals surface area contributed by atoms with Gasteiger partial charge in [0.2, 0.25) is 5.91 Å². The minimum Gasteiger partial charge on any atom is -0.497 e. The number of rotatable bonds is 9. The van der Waals surface area contributed by atoms with Gasteiger partial charge < -0.3 is 20.1 Å². The molecule has 1 aromatic heterocycles. The van der Waals surface area contributed by atoms with E-state index in [1.165, 1.54) is 12.8 Å². The first-order chi connectivity index (χ1) is 15.0. The van der Waals surface area contributed by atoms with Crippen molar-refractivity contribution in [3.8, 4) is 5.75 Å². The third-order valence-electron chi connectivity index (χ3n) is 6.16. The van der Waals surface area contributed by atoms with Crippen molar-refractivity contribution < 1.29 is 14.3 Å². The molecule has 1 aliphatic carbocycles. The molecule has 1 unspecified atom stereocenters. The number of nitrogens with zero attached hydrogens (tertiary/aromatic N) is 2. The number of pyridine rings is 1. The zero-order chi connectivity index (χ0) is 21.8. The van der Waals surface area contributed by atoms with E-state index < -0.39 is 5.41 Å². The Morgan fingerprint density at radius 3 is 2.65 bits per heavy atom. The third kappa shape index (κ3) is 4.99. The van der Waals surface area contributed by atoms with Crippen molar-refractivity contribution in [2.75, 3.05) is 45.8 Å². The lowest BCUT2D eigenvalue weighted by atomic mass is 9.79. The number of anilines is 2. The molecule has 2 aliphatic rings. The summed E-state index contributed by atoms with van der Waals surface area (Å²) in [6, 6.07) is 11.8. The van der Waals surface area contributed by atoms with E-state index in [1.807, 2.05) is 37.3 Å². The third-order valence-corrected chi connectivity index (χ3v) is 6.16. The lowest BCUT2D eigenvalue weighted by Crippen LogP contribution is -2.54. The highest BCUT2D eigenvalue weighted by molar-refractivity contribution is 5.88. The van der Waals surface area contributed by atoms with Crippen LogP contribution in [0.3, 0.4) is 0 Å². The van der Waals surface area contributed by atoms with E-state index in [0.29, 0.717) is 19.1 Å². The molecule has 1 amide bonds. The lowest BCUT2D eigenvalue weighted by Gasteiger charge is -2.40. The number of ether oxygens (including phenoxy) is 2. The molecule has 0 radical (unpaired) electrons. The van der Waals surface area contributed by atoms with Gasteiger partial charge in [-0.05, 0) is 61.6 Å². The second kappa shape index (κ2) is 9.24. The van der Waals surface area contributed by atoms with Crippen LogP contribution in [0.2, 0.25) is 0 Å². The summed E-state index contributed by atoms with van der Waals surface area (Å²) >= 11 is 0. The summed E-state index contributed by atoms with van der Waals surface area (Å²) in [4.78, 5) is 20.5. The Morgan fingerprint density at radius 2 is 1.97 bits per heavy atom. The number of carbonyl (C=O) groups is 1. The molecule has 2 aromatic rings. The van der Waals surface area contributed by atoms with Crippen LogP contribution in [0.4, 0.5) is 11.5 Å². The Balaban J connectivity index is 1.59. The van der Waals surface area contributed by atoms with Crippen molar-refractivity contribution in [2.45, 2.75) is 31.7 Å². The highest BCUT2D eigenvalue weighted by Gasteiger charge is 2.43. The summed E-state index contributed by atoms with van der Waals surface area (Å²) < 4.78 is 10.5. The van der Waals surface area contributed by atoms with Gasteiger partial charge in [0.1, 0.15) is 17.0 Å². The van der Waals surface area contributed by atoms with Gasteiger partial charge >= 0.3 is 0 Å². The smallest absolute Gasteiger partial charge is 0.233 e. The van der Waals surface area contributed by atoms with Crippen LogP contribution >= 0.6 is 0 Å². The summed E-state index contributed by atoms with van der Waals surface area (Å²) in [7, 11) is 3.36. The quantitative estimate of drug-likeness (QED) is 0.644. The topological polar surface area (TPSA) is 75.7 Å². The molecule has 2 N–H and O–H groups in total. The Kier molecular flexibility index (Phi) is 6.43. The van der Waals surface area contributed by atoms with Crippen LogP contribution in [0, 0.1) is 5.92 Å². The number of nitrogens with one attached hydrogen (secondary N) is 2. The van der Waals surface area contributed by atoms with Crippen molar-refractivity contribution >= 4 is 17.4 Å². The normalized spacial score (nSPS) is 20.7. The predicted molar refractivity (Wildman–Crippen MR) is 121 cm³/mol. The van der Waals surface area contributed by atoms with E-state index in [9.17, 15) is 4.79 Å². The van der Waals surface area contributed by atoms with Crippen LogP contribution in [0.15, 0.2) is 36.4 Å². The van der Waals surface area contributed by atoms with Gasteiger partial charge in [0, 0.05) is 39.0 Å². The Labute approximate surface area is 184 Å². The van der Waals surface area contributed by atoms with Crippen molar-refractivity contribution in [1.29, 1.82) is 0 Å². The molecule has 4 rings (SSSR count). The fraction of sp³-hybridized carbons (Fsp3) is 0.500. The van der Waals surface area contributed by atoms with Crippen LogP contribution in [-0.2, 0) is 21.5 Å². The van der Waals surface area contributed by atoms with Crippen molar-refractivity contribution in [3.63, 3.8) is 0 Å². The van der Waals surface area contributed by atoms with Crippen LogP contribution in [0.5, 0.6) is 5.75 Å².